The van der Waals surface area contributed by atoms with Crippen LogP contribution in [-0.4, -0.2) is 47.8 Å². The van der Waals surface area contributed by atoms with Gasteiger partial charge in [-0.3, -0.25) is 0 Å². The highest BCUT2D eigenvalue weighted by atomic mass is 16.3. The van der Waals surface area contributed by atoms with Crippen molar-refractivity contribution in [3.05, 3.63) is 0 Å². The first kappa shape index (κ1) is 9.13. The third-order valence-electron chi connectivity index (χ3n) is 4.47. The van der Waals surface area contributed by atoms with Crippen LogP contribution in [0.15, 0.2) is 0 Å². The molecule has 3 heteroatoms. The van der Waals surface area contributed by atoms with Gasteiger partial charge in [-0.15, -0.1) is 0 Å². The summed E-state index contributed by atoms with van der Waals surface area (Å²) in [5, 5.41) is 14.2. The van der Waals surface area contributed by atoms with E-state index in [1.165, 1.54) is 25.8 Å². The SMILES string of the molecule is OC1(C2CCCN2)CCN2CCC1C2. The van der Waals surface area contributed by atoms with E-state index in [9.17, 15) is 5.11 Å². The molecule has 0 saturated carbocycles. The number of nitrogens with one attached hydrogen (secondary N) is 1. The lowest BCUT2D eigenvalue weighted by Gasteiger charge is -2.43. The molecule has 4 unspecified atom stereocenters. The fourth-order valence-corrected chi connectivity index (χ4v) is 3.56. The summed E-state index contributed by atoms with van der Waals surface area (Å²) in [4.78, 5) is 2.49. The number of hydrogen-bond donors (Lipinski definition) is 2. The maximum absolute atomic E-state index is 10.8. The van der Waals surface area contributed by atoms with Gasteiger partial charge in [-0.25, -0.2) is 0 Å². The van der Waals surface area contributed by atoms with Crippen LogP contribution in [0.4, 0.5) is 0 Å². The second-order valence-electron chi connectivity index (χ2n) is 5.18. The molecule has 3 saturated heterocycles. The Balaban J connectivity index is 1.80. The van der Waals surface area contributed by atoms with E-state index in [1.54, 1.807) is 0 Å². The Hall–Kier alpha value is -0.120. The lowest BCUT2D eigenvalue weighted by Crippen LogP contribution is -2.57. The molecule has 3 fully saturated rings. The van der Waals surface area contributed by atoms with Gasteiger partial charge in [0, 0.05) is 25.0 Å². The largest absolute Gasteiger partial charge is 0.388 e. The van der Waals surface area contributed by atoms with Crippen LogP contribution in [0.5, 0.6) is 0 Å². The monoisotopic (exact) mass is 196 g/mol. The van der Waals surface area contributed by atoms with E-state index < -0.39 is 0 Å². The second kappa shape index (κ2) is 3.19. The molecule has 3 heterocycles. The van der Waals surface area contributed by atoms with Gasteiger partial charge in [0.2, 0.25) is 0 Å². The zero-order valence-corrected chi connectivity index (χ0v) is 8.71. The van der Waals surface area contributed by atoms with Crippen molar-refractivity contribution in [2.24, 2.45) is 5.92 Å². The van der Waals surface area contributed by atoms with Gasteiger partial charge in [0.25, 0.3) is 0 Å². The third-order valence-corrected chi connectivity index (χ3v) is 4.47. The molecular weight excluding hydrogens is 176 g/mol. The first-order chi connectivity index (χ1) is 6.79. The first-order valence-corrected chi connectivity index (χ1v) is 5.97. The Bertz CT molecular complexity index is 223. The maximum atomic E-state index is 10.8. The normalized spacial score (nSPS) is 52.5. The summed E-state index contributed by atoms with van der Waals surface area (Å²) in [6.07, 6.45) is 4.60. The van der Waals surface area contributed by atoms with Crippen LogP contribution in [0.2, 0.25) is 0 Å². The number of rotatable bonds is 1. The molecule has 2 bridgehead atoms. The number of aliphatic hydroxyl groups is 1. The van der Waals surface area contributed by atoms with E-state index in [-0.39, 0.29) is 5.60 Å². The molecule has 3 aliphatic heterocycles. The fourth-order valence-electron chi connectivity index (χ4n) is 3.56. The number of fused-ring (bicyclic) bond motifs is 2. The summed E-state index contributed by atoms with van der Waals surface area (Å²) in [6.45, 7) is 4.54. The average molecular weight is 196 g/mol. The topological polar surface area (TPSA) is 35.5 Å². The summed E-state index contributed by atoms with van der Waals surface area (Å²) in [5.41, 5.74) is -0.385. The minimum Gasteiger partial charge on any atom is -0.388 e. The standard InChI is InChI=1S/C11H20N2O/c14-11(10-2-1-5-12-10)4-7-13-6-3-9(11)8-13/h9-10,12,14H,1-8H2. The molecule has 0 amide bonds. The third kappa shape index (κ3) is 1.23. The van der Waals surface area contributed by atoms with Crippen molar-refractivity contribution >= 4 is 0 Å². The zero-order valence-electron chi connectivity index (χ0n) is 8.71. The molecule has 4 atom stereocenters. The molecule has 0 radical (unpaired) electrons. The Morgan fingerprint density at radius 1 is 1.29 bits per heavy atom. The predicted molar refractivity (Wildman–Crippen MR) is 55.1 cm³/mol. The molecule has 0 aromatic heterocycles. The van der Waals surface area contributed by atoms with Crippen molar-refractivity contribution in [3.63, 3.8) is 0 Å². The minimum atomic E-state index is -0.385. The first-order valence-electron chi connectivity index (χ1n) is 5.97. The van der Waals surface area contributed by atoms with E-state index in [1.807, 2.05) is 0 Å². The summed E-state index contributed by atoms with van der Waals surface area (Å²) in [7, 11) is 0. The van der Waals surface area contributed by atoms with Crippen molar-refractivity contribution in [2.75, 3.05) is 26.2 Å². The maximum Gasteiger partial charge on any atom is 0.0852 e. The Morgan fingerprint density at radius 2 is 2.21 bits per heavy atom. The van der Waals surface area contributed by atoms with Crippen LogP contribution in [0.1, 0.15) is 25.7 Å². The molecular formula is C11H20N2O. The van der Waals surface area contributed by atoms with E-state index in [2.05, 4.69) is 10.2 Å². The zero-order chi connectivity index (χ0) is 9.60. The molecule has 3 aliphatic rings. The average Bonchev–Trinajstić information content (AvgIpc) is 2.84. The van der Waals surface area contributed by atoms with E-state index in [4.69, 9.17) is 0 Å². The van der Waals surface area contributed by atoms with Gasteiger partial charge in [0.1, 0.15) is 0 Å². The van der Waals surface area contributed by atoms with Crippen molar-refractivity contribution in [1.29, 1.82) is 0 Å². The van der Waals surface area contributed by atoms with Gasteiger partial charge in [-0.2, -0.15) is 0 Å². The van der Waals surface area contributed by atoms with Crippen molar-refractivity contribution in [3.8, 4) is 0 Å². The lowest BCUT2D eigenvalue weighted by molar-refractivity contribution is -0.0690. The number of nitrogens with zero attached hydrogens (tertiary/aromatic N) is 1. The Kier molecular flexibility index (Phi) is 2.08. The summed E-state index contributed by atoms with van der Waals surface area (Å²) in [5.74, 6) is 0.534. The van der Waals surface area contributed by atoms with Gasteiger partial charge in [0.05, 0.1) is 5.60 Å². The van der Waals surface area contributed by atoms with Gasteiger partial charge >= 0.3 is 0 Å². The Morgan fingerprint density at radius 3 is 3.00 bits per heavy atom. The minimum absolute atomic E-state index is 0.382. The van der Waals surface area contributed by atoms with Crippen LogP contribution in [0.25, 0.3) is 0 Å². The molecule has 0 aromatic rings. The molecule has 0 spiro atoms. The van der Waals surface area contributed by atoms with E-state index in [0.29, 0.717) is 12.0 Å². The van der Waals surface area contributed by atoms with Crippen LogP contribution < -0.4 is 5.32 Å². The number of piperidine rings is 1. The van der Waals surface area contributed by atoms with Gasteiger partial charge < -0.3 is 15.3 Å². The molecule has 0 aromatic carbocycles. The molecule has 3 nitrogen and oxygen atoms in total. The highest BCUT2D eigenvalue weighted by Crippen LogP contribution is 2.39. The van der Waals surface area contributed by atoms with Crippen molar-refractivity contribution in [1.82, 2.24) is 10.2 Å². The summed E-state index contributed by atoms with van der Waals surface area (Å²) < 4.78 is 0. The van der Waals surface area contributed by atoms with Crippen LogP contribution in [-0.2, 0) is 0 Å². The molecule has 80 valence electrons. The van der Waals surface area contributed by atoms with Crippen molar-refractivity contribution in [2.45, 2.75) is 37.3 Å². The second-order valence-corrected chi connectivity index (χ2v) is 5.18. The highest BCUT2D eigenvalue weighted by Gasteiger charge is 2.49. The summed E-state index contributed by atoms with van der Waals surface area (Å²) in [6, 6.07) is 0.382. The van der Waals surface area contributed by atoms with E-state index >= 15 is 0 Å². The lowest BCUT2D eigenvalue weighted by atomic mass is 9.76. The fraction of sp³-hybridized carbons (Fsp3) is 1.00. The predicted octanol–water partition coefficient (Wildman–Crippen LogP) is 0.195. The van der Waals surface area contributed by atoms with Gasteiger partial charge in [-0.05, 0) is 38.8 Å². The van der Waals surface area contributed by atoms with Crippen LogP contribution in [0.3, 0.4) is 0 Å². The molecule has 3 rings (SSSR count). The van der Waals surface area contributed by atoms with Crippen molar-refractivity contribution < 1.29 is 5.11 Å². The summed E-state index contributed by atoms with van der Waals surface area (Å²) >= 11 is 0. The highest BCUT2D eigenvalue weighted by molar-refractivity contribution is 5.05. The van der Waals surface area contributed by atoms with Crippen LogP contribution >= 0.6 is 0 Å². The molecule has 0 aliphatic carbocycles. The smallest absolute Gasteiger partial charge is 0.0852 e. The number of hydrogen-bond acceptors (Lipinski definition) is 3. The quantitative estimate of drug-likeness (QED) is 0.628. The molecule has 2 N–H and O–H groups in total. The van der Waals surface area contributed by atoms with Gasteiger partial charge in [-0.1, -0.05) is 0 Å². The van der Waals surface area contributed by atoms with Crippen LogP contribution in [0, 0.1) is 5.92 Å². The van der Waals surface area contributed by atoms with Gasteiger partial charge in [0.15, 0.2) is 0 Å². The molecule has 14 heavy (non-hydrogen) atoms. The van der Waals surface area contributed by atoms with E-state index in [0.717, 1.165) is 26.1 Å². The Labute approximate surface area is 85.5 Å².